The first-order valence-corrected chi connectivity index (χ1v) is 8.59. The molecule has 0 bridgehead atoms. The number of methoxy groups -OCH3 is 1. The zero-order valence-corrected chi connectivity index (χ0v) is 14.9. The van der Waals surface area contributed by atoms with Crippen molar-refractivity contribution in [2.24, 2.45) is 0 Å². The quantitative estimate of drug-likeness (QED) is 0.677. The Bertz CT molecular complexity index is 594. The van der Waals surface area contributed by atoms with Gasteiger partial charge in [0.1, 0.15) is 0 Å². The fraction of sp³-hybridized carbons (Fsp3) is 0.250. The van der Waals surface area contributed by atoms with Gasteiger partial charge in [-0.1, -0.05) is 51.4 Å². The van der Waals surface area contributed by atoms with Crippen molar-refractivity contribution in [1.29, 1.82) is 0 Å². The van der Waals surface area contributed by atoms with Crippen LogP contribution in [0.1, 0.15) is 5.56 Å². The third-order valence-electron chi connectivity index (χ3n) is 2.85. The van der Waals surface area contributed by atoms with Gasteiger partial charge in [-0.2, -0.15) is 0 Å². The second-order valence-corrected chi connectivity index (χ2v) is 6.92. The molecule has 0 atom stereocenters. The zero-order chi connectivity index (χ0) is 15.1. The summed E-state index contributed by atoms with van der Waals surface area (Å²) >= 11 is 11.3. The molecule has 0 unspecified atom stereocenters. The van der Waals surface area contributed by atoms with Crippen LogP contribution < -0.4 is 5.32 Å². The molecule has 0 aromatic heterocycles. The highest BCUT2D eigenvalue weighted by Crippen LogP contribution is 2.32. The Balaban J connectivity index is 1.98. The van der Waals surface area contributed by atoms with E-state index in [1.807, 2.05) is 18.2 Å². The molecule has 2 rings (SSSR count). The Hall–Kier alpha value is -0.520. The zero-order valence-electron chi connectivity index (χ0n) is 11.7. The largest absolute Gasteiger partial charge is 0.383 e. The number of rotatable bonds is 7. The van der Waals surface area contributed by atoms with Crippen molar-refractivity contribution in [3.8, 4) is 0 Å². The Labute approximate surface area is 143 Å². The maximum absolute atomic E-state index is 6.01. The molecule has 0 aliphatic heterocycles. The number of ether oxygens (including phenoxy) is 1. The summed E-state index contributed by atoms with van der Waals surface area (Å²) in [5.74, 6) is 0. The SMILES string of the molecule is COCCNCc1ccc(Sc2cccc(Cl)c2)cc1Br. The van der Waals surface area contributed by atoms with Crippen LogP contribution in [0.5, 0.6) is 0 Å². The van der Waals surface area contributed by atoms with E-state index in [0.717, 1.165) is 34.1 Å². The lowest BCUT2D eigenvalue weighted by atomic mass is 10.2. The molecule has 0 saturated heterocycles. The van der Waals surface area contributed by atoms with Crippen molar-refractivity contribution in [1.82, 2.24) is 5.32 Å². The van der Waals surface area contributed by atoms with Crippen LogP contribution in [0, 0.1) is 0 Å². The molecule has 2 nitrogen and oxygen atoms in total. The summed E-state index contributed by atoms with van der Waals surface area (Å²) in [4.78, 5) is 2.32. The molecule has 0 aliphatic carbocycles. The Morgan fingerprint density at radius 1 is 1.19 bits per heavy atom. The minimum absolute atomic E-state index is 0.723. The molecule has 0 amide bonds. The van der Waals surface area contributed by atoms with Crippen LogP contribution in [0.25, 0.3) is 0 Å². The Kier molecular flexibility index (Phi) is 7.07. The summed E-state index contributed by atoms with van der Waals surface area (Å²) in [6.07, 6.45) is 0. The van der Waals surface area contributed by atoms with E-state index < -0.39 is 0 Å². The number of hydrogen-bond donors (Lipinski definition) is 1. The van der Waals surface area contributed by atoms with Gasteiger partial charge >= 0.3 is 0 Å². The minimum atomic E-state index is 0.723. The highest BCUT2D eigenvalue weighted by molar-refractivity contribution is 9.10. The molecule has 0 saturated carbocycles. The maximum Gasteiger partial charge on any atom is 0.0587 e. The highest BCUT2D eigenvalue weighted by atomic mass is 79.9. The second-order valence-electron chi connectivity index (χ2n) is 4.48. The molecule has 112 valence electrons. The van der Waals surface area contributed by atoms with Gasteiger partial charge in [0.2, 0.25) is 0 Å². The molecule has 0 radical (unpaired) electrons. The first kappa shape index (κ1) is 16.8. The van der Waals surface area contributed by atoms with E-state index in [9.17, 15) is 0 Å². The lowest BCUT2D eigenvalue weighted by Gasteiger charge is -2.09. The summed E-state index contributed by atoms with van der Waals surface area (Å²) < 4.78 is 6.13. The third-order valence-corrected chi connectivity index (χ3v) is 4.81. The Morgan fingerprint density at radius 3 is 2.71 bits per heavy atom. The smallest absolute Gasteiger partial charge is 0.0587 e. The van der Waals surface area contributed by atoms with E-state index in [0.29, 0.717) is 0 Å². The molecular formula is C16H17BrClNOS. The van der Waals surface area contributed by atoms with Crippen LogP contribution in [-0.4, -0.2) is 20.3 Å². The number of nitrogens with one attached hydrogen (secondary N) is 1. The van der Waals surface area contributed by atoms with Gasteiger partial charge in [-0.3, -0.25) is 0 Å². The fourth-order valence-corrected chi connectivity index (χ4v) is 3.64. The average Bonchev–Trinajstić information content (AvgIpc) is 2.45. The van der Waals surface area contributed by atoms with E-state index in [1.165, 1.54) is 10.5 Å². The molecule has 0 fully saturated rings. The molecule has 0 heterocycles. The maximum atomic E-state index is 6.01. The average molecular weight is 387 g/mol. The molecule has 0 spiro atoms. The predicted molar refractivity (Wildman–Crippen MR) is 93.3 cm³/mol. The van der Waals surface area contributed by atoms with Crippen LogP contribution in [-0.2, 0) is 11.3 Å². The molecule has 0 aliphatic rings. The van der Waals surface area contributed by atoms with Gasteiger partial charge in [-0.05, 0) is 35.9 Å². The van der Waals surface area contributed by atoms with Crippen molar-refractivity contribution in [3.05, 3.63) is 57.5 Å². The topological polar surface area (TPSA) is 21.3 Å². The number of halogens is 2. The van der Waals surface area contributed by atoms with Crippen LogP contribution >= 0.6 is 39.3 Å². The van der Waals surface area contributed by atoms with Crippen LogP contribution in [0.3, 0.4) is 0 Å². The van der Waals surface area contributed by atoms with Gasteiger partial charge < -0.3 is 10.1 Å². The summed E-state index contributed by atoms with van der Waals surface area (Å²) in [6.45, 7) is 2.40. The lowest BCUT2D eigenvalue weighted by molar-refractivity contribution is 0.199. The van der Waals surface area contributed by atoms with Crippen LogP contribution in [0.15, 0.2) is 56.7 Å². The fourth-order valence-electron chi connectivity index (χ4n) is 1.80. The number of benzene rings is 2. The molecule has 5 heteroatoms. The third kappa shape index (κ3) is 5.64. The molecule has 2 aromatic rings. The van der Waals surface area contributed by atoms with Gasteiger partial charge in [0.15, 0.2) is 0 Å². The van der Waals surface area contributed by atoms with E-state index in [1.54, 1.807) is 18.9 Å². The van der Waals surface area contributed by atoms with Crippen molar-refractivity contribution >= 4 is 39.3 Å². The monoisotopic (exact) mass is 385 g/mol. The minimum Gasteiger partial charge on any atom is -0.383 e. The van der Waals surface area contributed by atoms with Crippen LogP contribution in [0.4, 0.5) is 0 Å². The first-order valence-electron chi connectivity index (χ1n) is 6.60. The van der Waals surface area contributed by atoms with Gasteiger partial charge in [0, 0.05) is 39.5 Å². The predicted octanol–water partition coefficient (Wildman–Crippen LogP) is 4.99. The summed E-state index contributed by atoms with van der Waals surface area (Å²) in [5, 5.41) is 4.10. The van der Waals surface area contributed by atoms with Crippen molar-refractivity contribution in [3.63, 3.8) is 0 Å². The van der Waals surface area contributed by atoms with Crippen LogP contribution in [0.2, 0.25) is 5.02 Å². The number of hydrogen-bond acceptors (Lipinski definition) is 3. The second kappa shape index (κ2) is 8.81. The summed E-state index contributed by atoms with van der Waals surface area (Å²) in [6, 6.07) is 14.3. The molecule has 2 aromatic carbocycles. The lowest BCUT2D eigenvalue weighted by Crippen LogP contribution is -2.18. The summed E-state index contributed by atoms with van der Waals surface area (Å²) in [7, 11) is 1.71. The Morgan fingerprint density at radius 2 is 2.00 bits per heavy atom. The van der Waals surface area contributed by atoms with Gasteiger partial charge in [0.25, 0.3) is 0 Å². The first-order chi connectivity index (χ1) is 10.2. The van der Waals surface area contributed by atoms with Gasteiger partial charge in [-0.25, -0.2) is 0 Å². The van der Waals surface area contributed by atoms with Crippen molar-refractivity contribution in [2.45, 2.75) is 16.3 Å². The summed E-state index contributed by atoms with van der Waals surface area (Å²) in [5.41, 5.74) is 1.24. The van der Waals surface area contributed by atoms with E-state index in [4.69, 9.17) is 16.3 Å². The van der Waals surface area contributed by atoms with Crippen molar-refractivity contribution in [2.75, 3.05) is 20.3 Å². The molecule has 1 N–H and O–H groups in total. The van der Waals surface area contributed by atoms with Gasteiger partial charge in [0.05, 0.1) is 6.61 Å². The van der Waals surface area contributed by atoms with Crippen molar-refractivity contribution < 1.29 is 4.74 Å². The standard InChI is InChI=1S/C16H17BrClNOS/c1-20-8-7-19-11-12-5-6-15(10-16(12)17)21-14-4-2-3-13(18)9-14/h2-6,9-10,19H,7-8,11H2,1H3. The highest BCUT2D eigenvalue weighted by Gasteiger charge is 2.03. The normalized spacial score (nSPS) is 10.8. The van der Waals surface area contributed by atoms with E-state index >= 15 is 0 Å². The van der Waals surface area contributed by atoms with E-state index in [2.05, 4.69) is 45.5 Å². The van der Waals surface area contributed by atoms with Gasteiger partial charge in [-0.15, -0.1) is 0 Å². The molecule has 21 heavy (non-hydrogen) atoms. The van der Waals surface area contributed by atoms with E-state index in [-0.39, 0.29) is 0 Å². The molecular weight excluding hydrogens is 370 g/mol.